The number of aromatic nitrogens is 4. The molecule has 2 aromatic heterocycles. The molecule has 0 amide bonds. The van der Waals surface area contributed by atoms with Gasteiger partial charge in [-0.15, -0.1) is 0 Å². The molecule has 1 N–H and O–H groups in total. The van der Waals surface area contributed by atoms with Crippen LogP contribution in [0.25, 0.3) is 11.2 Å². The summed E-state index contributed by atoms with van der Waals surface area (Å²) in [4.78, 5) is 32.1. The van der Waals surface area contributed by atoms with E-state index in [0.717, 1.165) is 36.6 Å². The topological polar surface area (TPSA) is 77.1 Å². The highest BCUT2D eigenvalue weighted by atomic mass is 16.2. The molecule has 8 heteroatoms. The minimum atomic E-state index is -0.402. The first kappa shape index (κ1) is 18.1. The lowest BCUT2D eigenvalue weighted by Crippen LogP contribution is -2.44. The van der Waals surface area contributed by atoms with E-state index in [9.17, 15) is 9.59 Å². The van der Waals surface area contributed by atoms with Crippen molar-refractivity contribution in [1.29, 1.82) is 0 Å². The third kappa shape index (κ3) is 2.92. The van der Waals surface area contributed by atoms with Crippen molar-refractivity contribution < 1.29 is 0 Å². The molecule has 0 unspecified atom stereocenters. The van der Waals surface area contributed by atoms with Crippen molar-refractivity contribution in [3.63, 3.8) is 0 Å². The Hall–Kier alpha value is -2.25. The van der Waals surface area contributed by atoms with Crippen LogP contribution < -0.4 is 21.6 Å². The number of imidazole rings is 1. The lowest BCUT2D eigenvalue weighted by atomic mass is 10.3. The third-order valence-electron chi connectivity index (χ3n) is 4.23. The van der Waals surface area contributed by atoms with Gasteiger partial charge in [-0.25, -0.2) is 4.79 Å². The summed E-state index contributed by atoms with van der Waals surface area (Å²) < 4.78 is 4.48. The number of anilines is 1. The zero-order chi connectivity index (χ0) is 17.9. The number of unbranched alkanes of at least 4 members (excludes halogenated alkanes) is 1. The van der Waals surface area contributed by atoms with Crippen LogP contribution in [0.4, 0.5) is 5.95 Å². The number of aryl methyl sites for hydroxylation is 2. The molecule has 0 bridgehead atoms. The Labute approximate surface area is 141 Å². The molecule has 0 saturated carbocycles. The second-order valence-corrected chi connectivity index (χ2v) is 5.76. The Kier molecular flexibility index (Phi) is 5.69. The maximum Gasteiger partial charge on any atom is 0.351 e. The molecule has 0 fully saturated rings. The molecule has 0 atom stereocenters. The molecule has 0 spiro atoms. The lowest BCUT2D eigenvalue weighted by molar-refractivity contribution is 0.626. The smallest absolute Gasteiger partial charge is 0.343 e. The fraction of sp³-hybridized carbons (Fsp3) is 0.688. The van der Waals surface area contributed by atoms with Crippen molar-refractivity contribution in [2.45, 2.75) is 47.1 Å². The Morgan fingerprint density at radius 3 is 2.33 bits per heavy atom. The molecule has 0 aliphatic carbocycles. The quantitative estimate of drug-likeness (QED) is 0.781. The van der Waals surface area contributed by atoms with E-state index in [0.29, 0.717) is 24.3 Å². The van der Waals surface area contributed by atoms with Crippen LogP contribution in [0.2, 0.25) is 0 Å². The largest absolute Gasteiger partial charge is 0.351 e. The minimum Gasteiger partial charge on any atom is -0.343 e. The highest BCUT2D eigenvalue weighted by Crippen LogP contribution is 2.20. The standard InChI is InChI=1S/C16H28N6O2/c1-6-10-11-21-12-13(18-15(21)20(8-3)9-4)19(5)16(24)22(14(12)23)17-7-2/h17H,6-11H2,1-5H3. The number of rotatable bonds is 8. The SMILES string of the molecule is CCCCn1c(N(CC)CC)nc2c1c(=O)n(NCC)c(=O)n2C. The van der Waals surface area contributed by atoms with Crippen molar-refractivity contribution >= 4 is 17.1 Å². The van der Waals surface area contributed by atoms with Gasteiger partial charge in [-0.05, 0) is 27.2 Å². The van der Waals surface area contributed by atoms with Crippen molar-refractivity contribution in [3.8, 4) is 0 Å². The van der Waals surface area contributed by atoms with E-state index < -0.39 is 5.69 Å². The molecule has 2 heterocycles. The zero-order valence-corrected chi connectivity index (χ0v) is 15.3. The van der Waals surface area contributed by atoms with E-state index in [1.54, 1.807) is 7.05 Å². The van der Waals surface area contributed by atoms with Gasteiger partial charge in [0.15, 0.2) is 11.2 Å². The molecule has 24 heavy (non-hydrogen) atoms. The summed E-state index contributed by atoms with van der Waals surface area (Å²) in [5.41, 5.74) is 3.03. The first-order valence-corrected chi connectivity index (χ1v) is 8.72. The van der Waals surface area contributed by atoms with Gasteiger partial charge >= 0.3 is 11.2 Å². The Morgan fingerprint density at radius 2 is 1.79 bits per heavy atom. The van der Waals surface area contributed by atoms with Gasteiger partial charge in [-0.1, -0.05) is 13.3 Å². The molecule has 0 saturated heterocycles. The molecule has 2 rings (SSSR count). The monoisotopic (exact) mass is 336 g/mol. The average Bonchev–Trinajstić information content (AvgIpc) is 2.95. The van der Waals surface area contributed by atoms with Gasteiger partial charge in [-0.2, -0.15) is 9.66 Å². The summed E-state index contributed by atoms with van der Waals surface area (Å²) in [6, 6.07) is 0. The van der Waals surface area contributed by atoms with Crippen molar-refractivity contribution in [2.24, 2.45) is 7.05 Å². The Bertz CT molecular complexity index is 813. The summed E-state index contributed by atoms with van der Waals surface area (Å²) in [5.74, 6) is 0.754. The fourth-order valence-electron chi connectivity index (χ4n) is 2.88. The van der Waals surface area contributed by atoms with E-state index in [4.69, 9.17) is 0 Å². The van der Waals surface area contributed by atoms with Crippen LogP contribution in [0, 0.1) is 0 Å². The molecule has 2 aromatic rings. The summed E-state index contributed by atoms with van der Waals surface area (Å²) in [7, 11) is 1.65. The zero-order valence-electron chi connectivity index (χ0n) is 15.3. The molecule has 0 aliphatic rings. The maximum atomic E-state index is 12.9. The van der Waals surface area contributed by atoms with Crippen LogP contribution >= 0.6 is 0 Å². The van der Waals surface area contributed by atoms with Gasteiger partial charge in [0.05, 0.1) is 0 Å². The number of nitrogens with one attached hydrogen (secondary N) is 1. The van der Waals surface area contributed by atoms with Crippen LogP contribution in [-0.4, -0.2) is 38.4 Å². The predicted molar refractivity (Wildman–Crippen MR) is 97.6 cm³/mol. The maximum absolute atomic E-state index is 12.9. The van der Waals surface area contributed by atoms with Gasteiger partial charge in [0.2, 0.25) is 5.95 Å². The highest BCUT2D eigenvalue weighted by molar-refractivity contribution is 5.74. The molecule has 0 aliphatic heterocycles. The van der Waals surface area contributed by atoms with E-state index in [2.05, 4.69) is 36.1 Å². The Morgan fingerprint density at radius 1 is 1.12 bits per heavy atom. The van der Waals surface area contributed by atoms with Crippen molar-refractivity contribution in [1.82, 2.24) is 18.8 Å². The predicted octanol–water partition coefficient (Wildman–Crippen LogP) is 1.11. The lowest BCUT2D eigenvalue weighted by Gasteiger charge is -2.21. The van der Waals surface area contributed by atoms with E-state index in [1.165, 1.54) is 4.57 Å². The normalized spacial score (nSPS) is 11.2. The van der Waals surface area contributed by atoms with E-state index >= 15 is 0 Å². The molecular weight excluding hydrogens is 308 g/mol. The second kappa shape index (κ2) is 7.55. The summed E-state index contributed by atoms with van der Waals surface area (Å²) in [5, 5.41) is 0. The minimum absolute atomic E-state index is 0.336. The van der Waals surface area contributed by atoms with Gasteiger partial charge in [0.1, 0.15) is 0 Å². The number of hydrogen-bond acceptors (Lipinski definition) is 5. The molecule has 134 valence electrons. The molecule has 0 radical (unpaired) electrons. The van der Waals surface area contributed by atoms with Gasteiger partial charge in [0, 0.05) is 33.2 Å². The van der Waals surface area contributed by atoms with Crippen LogP contribution in [0.1, 0.15) is 40.5 Å². The van der Waals surface area contributed by atoms with E-state index in [1.807, 2.05) is 11.5 Å². The summed E-state index contributed by atoms with van der Waals surface area (Å²) >= 11 is 0. The average molecular weight is 336 g/mol. The third-order valence-corrected chi connectivity index (χ3v) is 4.23. The highest BCUT2D eigenvalue weighted by Gasteiger charge is 2.22. The van der Waals surface area contributed by atoms with Gasteiger partial charge in [0.25, 0.3) is 0 Å². The molecule has 8 nitrogen and oxygen atoms in total. The van der Waals surface area contributed by atoms with Crippen molar-refractivity contribution in [2.75, 3.05) is 30.0 Å². The number of nitrogens with zero attached hydrogens (tertiary/aromatic N) is 5. The van der Waals surface area contributed by atoms with Gasteiger partial charge in [-0.3, -0.25) is 9.36 Å². The van der Waals surface area contributed by atoms with Crippen LogP contribution in [0.15, 0.2) is 9.59 Å². The summed E-state index contributed by atoms with van der Waals surface area (Å²) in [6.45, 7) is 10.9. The van der Waals surface area contributed by atoms with Crippen LogP contribution in [-0.2, 0) is 13.6 Å². The number of fused-ring (bicyclic) bond motifs is 1. The Balaban J connectivity index is 2.85. The van der Waals surface area contributed by atoms with Crippen LogP contribution in [0.5, 0.6) is 0 Å². The van der Waals surface area contributed by atoms with E-state index in [-0.39, 0.29) is 5.56 Å². The second-order valence-electron chi connectivity index (χ2n) is 5.76. The fourth-order valence-corrected chi connectivity index (χ4v) is 2.88. The van der Waals surface area contributed by atoms with Crippen molar-refractivity contribution in [3.05, 3.63) is 20.8 Å². The molecular formula is C16H28N6O2. The number of hydrogen-bond donors (Lipinski definition) is 1. The molecule has 0 aromatic carbocycles. The first-order valence-electron chi connectivity index (χ1n) is 8.72. The van der Waals surface area contributed by atoms with Gasteiger partial charge < -0.3 is 14.9 Å². The van der Waals surface area contributed by atoms with Crippen LogP contribution in [0.3, 0.4) is 0 Å². The summed E-state index contributed by atoms with van der Waals surface area (Å²) in [6.07, 6.45) is 1.97. The first-order chi connectivity index (χ1) is 11.5.